The highest BCUT2D eigenvalue weighted by molar-refractivity contribution is 5.39. The summed E-state index contributed by atoms with van der Waals surface area (Å²) in [6, 6.07) is 4.97. The zero-order valence-corrected chi connectivity index (χ0v) is 11.8. The Bertz CT molecular complexity index is 337. The van der Waals surface area contributed by atoms with Crippen LogP contribution in [0.2, 0.25) is 0 Å². The molecule has 0 aliphatic heterocycles. The number of aryl methyl sites for hydroxylation is 3. The Kier molecular flexibility index (Phi) is 5.66. The molecule has 0 saturated carbocycles. The SMILES string of the molecule is CNC(CCCOC)c1c(C)cc(C)cc1C. The number of benzene rings is 1. The fourth-order valence-corrected chi connectivity index (χ4v) is 2.61. The molecule has 0 heterocycles. The van der Waals surface area contributed by atoms with E-state index in [1.54, 1.807) is 7.11 Å². The molecular formula is C15H25NO. The molecule has 1 aromatic carbocycles. The second-order valence-electron chi connectivity index (χ2n) is 4.79. The van der Waals surface area contributed by atoms with E-state index in [1.165, 1.54) is 22.3 Å². The molecule has 1 aromatic rings. The van der Waals surface area contributed by atoms with Gasteiger partial charge in [0.25, 0.3) is 0 Å². The summed E-state index contributed by atoms with van der Waals surface area (Å²) >= 11 is 0. The highest BCUT2D eigenvalue weighted by Gasteiger charge is 2.14. The van der Waals surface area contributed by atoms with Crippen LogP contribution in [0.5, 0.6) is 0 Å². The van der Waals surface area contributed by atoms with Gasteiger partial charge in [-0.05, 0) is 57.4 Å². The van der Waals surface area contributed by atoms with E-state index in [-0.39, 0.29) is 0 Å². The molecule has 0 bridgehead atoms. The van der Waals surface area contributed by atoms with Gasteiger partial charge < -0.3 is 10.1 Å². The van der Waals surface area contributed by atoms with Crippen LogP contribution in [0.15, 0.2) is 12.1 Å². The number of nitrogens with one attached hydrogen (secondary N) is 1. The summed E-state index contributed by atoms with van der Waals surface area (Å²) in [7, 11) is 3.80. The molecule has 96 valence electrons. The summed E-state index contributed by atoms with van der Waals surface area (Å²) in [6.07, 6.45) is 2.21. The van der Waals surface area contributed by atoms with Crippen molar-refractivity contribution in [2.24, 2.45) is 0 Å². The second-order valence-corrected chi connectivity index (χ2v) is 4.79. The summed E-state index contributed by atoms with van der Waals surface area (Å²) in [5, 5.41) is 3.42. The van der Waals surface area contributed by atoms with Crippen molar-refractivity contribution in [2.45, 2.75) is 39.7 Å². The van der Waals surface area contributed by atoms with E-state index in [2.05, 4.69) is 38.2 Å². The zero-order chi connectivity index (χ0) is 12.8. The third-order valence-corrected chi connectivity index (χ3v) is 3.28. The Hall–Kier alpha value is -0.860. The van der Waals surface area contributed by atoms with Gasteiger partial charge in [-0.1, -0.05) is 17.7 Å². The van der Waals surface area contributed by atoms with Crippen LogP contribution >= 0.6 is 0 Å². The summed E-state index contributed by atoms with van der Waals surface area (Å²) in [5.74, 6) is 0. The Labute approximate surface area is 105 Å². The summed E-state index contributed by atoms with van der Waals surface area (Å²) in [4.78, 5) is 0. The third kappa shape index (κ3) is 3.83. The monoisotopic (exact) mass is 235 g/mol. The number of hydrogen-bond acceptors (Lipinski definition) is 2. The van der Waals surface area contributed by atoms with E-state index < -0.39 is 0 Å². The highest BCUT2D eigenvalue weighted by atomic mass is 16.5. The molecule has 2 nitrogen and oxygen atoms in total. The first-order valence-electron chi connectivity index (χ1n) is 6.34. The Balaban J connectivity index is 2.87. The Morgan fingerprint density at radius 1 is 1.18 bits per heavy atom. The maximum absolute atomic E-state index is 5.12. The molecule has 2 heteroatoms. The maximum Gasteiger partial charge on any atom is 0.0462 e. The van der Waals surface area contributed by atoms with Crippen molar-refractivity contribution in [3.63, 3.8) is 0 Å². The van der Waals surface area contributed by atoms with Gasteiger partial charge in [0.05, 0.1) is 0 Å². The van der Waals surface area contributed by atoms with Crippen molar-refractivity contribution in [2.75, 3.05) is 20.8 Å². The van der Waals surface area contributed by atoms with E-state index in [0.29, 0.717) is 6.04 Å². The lowest BCUT2D eigenvalue weighted by molar-refractivity contribution is 0.189. The van der Waals surface area contributed by atoms with Crippen molar-refractivity contribution >= 4 is 0 Å². The minimum absolute atomic E-state index is 0.436. The number of hydrogen-bond donors (Lipinski definition) is 1. The molecule has 0 spiro atoms. The first-order valence-corrected chi connectivity index (χ1v) is 6.34. The second kappa shape index (κ2) is 6.77. The van der Waals surface area contributed by atoms with E-state index >= 15 is 0 Å². The molecule has 0 amide bonds. The molecule has 17 heavy (non-hydrogen) atoms. The fourth-order valence-electron chi connectivity index (χ4n) is 2.61. The van der Waals surface area contributed by atoms with Gasteiger partial charge in [-0.2, -0.15) is 0 Å². The van der Waals surface area contributed by atoms with Gasteiger partial charge >= 0.3 is 0 Å². The average Bonchev–Trinajstić information content (AvgIpc) is 2.25. The fraction of sp³-hybridized carbons (Fsp3) is 0.600. The van der Waals surface area contributed by atoms with E-state index in [9.17, 15) is 0 Å². The first kappa shape index (κ1) is 14.2. The van der Waals surface area contributed by atoms with Crippen molar-refractivity contribution in [1.82, 2.24) is 5.32 Å². The lowest BCUT2D eigenvalue weighted by atomic mass is 9.92. The van der Waals surface area contributed by atoms with Gasteiger partial charge in [0.15, 0.2) is 0 Å². The van der Waals surface area contributed by atoms with Crippen LogP contribution in [-0.4, -0.2) is 20.8 Å². The molecule has 1 rings (SSSR count). The van der Waals surface area contributed by atoms with Crippen molar-refractivity contribution < 1.29 is 4.74 Å². The van der Waals surface area contributed by atoms with Crippen LogP contribution in [0, 0.1) is 20.8 Å². The van der Waals surface area contributed by atoms with Gasteiger partial charge in [0, 0.05) is 19.8 Å². The smallest absolute Gasteiger partial charge is 0.0462 e. The first-order chi connectivity index (χ1) is 8.10. The van der Waals surface area contributed by atoms with Crippen LogP contribution < -0.4 is 5.32 Å². The Morgan fingerprint density at radius 2 is 1.76 bits per heavy atom. The van der Waals surface area contributed by atoms with E-state index in [0.717, 1.165) is 19.4 Å². The summed E-state index contributed by atoms with van der Waals surface area (Å²) in [5.41, 5.74) is 5.57. The van der Waals surface area contributed by atoms with Crippen molar-refractivity contribution in [3.8, 4) is 0 Å². The maximum atomic E-state index is 5.12. The topological polar surface area (TPSA) is 21.3 Å². The lowest BCUT2D eigenvalue weighted by Crippen LogP contribution is -2.19. The van der Waals surface area contributed by atoms with Crippen LogP contribution in [0.4, 0.5) is 0 Å². The largest absolute Gasteiger partial charge is 0.385 e. The normalized spacial score (nSPS) is 12.8. The van der Waals surface area contributed by atoms with Crippen molar-refractivity contribution in [1.29, 1.82) is 0 Å². The molecule has 0 aliphatic carbocycles. The average molecular weight is 235 g/mol. The van der Waals surface area contributed by atoms with Crippen LogP contribution in [0.3, 0.4) is 0 Å². The minimum Gasteiger partial charge on any atom is -0.385 e. The van der Waals surface area contributed by atoms with Crippen LogP contribution in [-0.2, 0) is 4.74 Å². The quantitative estimate of drug-likeness (QED) is 0.764. The van der Waals surface area contributed by atoms with Crippen LogP contribution in [0.25, 0.3) is 0 Å². The van der Waals surface area contributed by atoms with Crippen LogP contribution in [0.1, 0.15) is 41.1 Å². The molecule has 0 fully saturated rings. The highest BCUT2D eigenvalue weighted by Crippen LogP contribution is 2.26. The zero-order valence-electron chi connectivity index (χ0n) is 11.8. The van der Waals surface area contributed by atoms with Crippen molar-refractivity contribution in [3.05, 3.63) is 34.4 Å². The molecule has 0 aliphatic rings. The number of rotatable bonds is 6. The number of ether oxygens (including phenoxy) is 1. The molecule has 0 saturated heterocycles. The van der Waals surface area contributed by atoms with Gasteiger partial charge in [0.2, 0.25) is 0 Å². The lowest BCUT2D eigenvalue weighted by Gasteiger charge is -2.21. The minimum atomic E-state index is 0.436. The van der Waals surface area contributed by atoms with Gasteiger partial charge in [-0.3, -0.25) is 0 Å². The molecule has 1 N–H and O–H groups in total. The standard InChI is InChI=1S/C15H25NO/c1-11-9-12(2)15(13(3)10-11)14(16-4)7-6-8-17-5/h9-10,14,16H,6-8H2,1-5H3. The summed E-state index contributed by atoms with van der Waals surface area (Å²) in [6.45, 7) is 7.40. The van der Waals surface area contributed by atoms with Gasteiger partial charge in [-0.15, -0.1) is 0 Å². The molecule has 0 radical (unpaired) electrons. The summed E-state index contributed by atoms with van der Waals surface area (Å²) < 4.78 is 5.12. The molecule has 1 atom stereocenters. The van der Waals surface area contributed by atoms with Gasteiger partial charge in [0.1, 0.15) is 0 Å². The van der Waals surface area contributed by atoms with E-state index in [1.807, 2.05) is 7.05 Å². The predicted octanol–water partition coefficient (Wildman–Crippen LogP) is 3.30. The van der Waals surface area contributed by atoms with E-state index in [4.69, 9.17) is 4.74 Å². The predicted molar refractivity (Wildman–Crippen MR) is 73.6 cm³/mol. The molecular weight excluding hydrogens is 210 g/mol. The number of methoxy groups -OCH3 is 1. The molecule has 1 unspecified atom stereocenters. The third-order valence-electron chi connectivity index (χ3n) is 3.28. The molecule has 0 aromatic heterocycles. The van der Waals surface area contributed by atoms with Gasteiger partial charge in [-0.25, -0.2) is 0 Å². The Morgan fingerprint density at radius 3 is 2.24 bits per heavy atom.